The van der Waals surface area contributed by atoms with E-state index >= 15 is 0 Å². The molecule has 1 saturated heterocycles. The Hall–Kier alpha value is -1.26. The summed E-state index contributed by atoms with van der Waals surface area (Å²) in [6.07, 6.45) is 1.11. The van der Waals surface area contributed by atoms with Crippen molar-refractivity contribution in [2.45, 2.75) is 19.9 Å². The lowest BCUT2D eigenvalue weighted by molar-refractivity contribution is -0.120. The lowest BCUT2D eigenvalue weighted by Crippen LogP contribution is -2.48. The molecule has 0 atom stereocenters. The summed E-state index contributed by atoms with van der Waals surface area (Å²) in [6.45, 7) is 5.85. The molecule has 19 heavy (non-hydrogen) atoms. The number of anilines is 1. The maximum atomic E-state index is 11.5. The van der Waals surface area contributed by atoms with Gasteiger partial charge >= 0.3 is 0 Å². The third-order valence-corrected chi connectivity index (χ3v) is 3.40. The first-order chi connectivity index (χ1) is 9.20. The normalized spacial score (nSPS) is 15.5. The lowest BCUT2D eigenvalue weighted by atomic mass is 10.1. The molecule has 104 valence electrons. The van der Waals surface area contributed by atoms with Crippen molar-refractivity contribution in [3.63, 3.8) is 0 Å². The Morgan fingerprint density at radius 2 is 2.32 bits per heavy atom. The number of piperazine rings is 1. The molecule has 0 unspecified atom stereocenters. The van der Waals surface area contributed by atoms with E-state index in [2.05, 4.69) is 22.5 Å². The van der Waals surface area contributed by atoms with Crippen LogP contribution >= 0.6 is 11.6 Å². The first-order valence-electron chi connectivity index (χ1n) is 6.71. The zero-order valence-electron chi connectivity index (χ0n) is 11.2. The van der Waals surface area contributed by atoms with Gasteiger partial charge in [0, 0.05) is 30.3 Å². The highest BCUT2D eigenvalue weighted by molar-refractivity contribution is 6.30. The van der Waals surface area contributed by atoms with Gasteiger partial charge in [-0.25, -0.2) is 0 Å². The second kappa shape index (κ2) is 6.78. The summed E-state index contributed by atoms with van der Waals surface area (Å²) in [7, 11) is 0. The highest BCUT2D eigenvalue weighted by Gasteiger charge is 2.19. The second-order valence-electron chi connectivity index (χ2n) is 4.72. The number of halogens is 1. The number of hydrogen-bond donors (Lipinski definition) is 2. The largest absolute Gasteiger partial charge is 0.360 e. The monoisotopic (exact) mass is 281 g/mol. The van der Waals surface area contributed by atoms with Crippen molar-refractivity contribution >= 4 is 23.2 Å². The van der Waals surface area contributed by atoms with Crippen molar-refractivity contribution in [3.05, 3.63) is 28.8 Å². The molecule has 1 aromatic carbocycles. The summed E-state index contributed by atoms with van der Waals surface area (Å²) in [4.78, 5) is 13.6. The van der Waals surface area contributed by atoms with Crippen LogP contribution in [0.2, 0.25) is 5.02 Å². The molecule has 1 aliphatic heterocycles. The molecule has 1 aliphatic rings. The van der Waals surface area contributed by atoms with Gasteiger partial charge in [-0.05, 0) is 30.7 Å². The van der Waals surface area contributed by atoms with E-state index in [1.807, 2.05) is 18.2 Å². The van der Waals surface area contributed by atoms with Crippen molar-refractivity contribution in [1.29, 1.82) is 0 Å². The summed E-state index contributed by atoms with van der Waals surface area (Å²) in [6, 6.07) is 5.88. The standard InChI is InChI=1S/C14H20ClN3O/c1-2-5-16-9-11-3-4-12(15)8-13(11)18-7-6-17-14(19)10-18/h3-4,8,16H,2,5-7,9-10H2,1H3,(H,17,19). The van der Waals surface area contributed by atoms with E-state index in [0.29, 0.717) is 18.1 Å². The van der Waals surface area contributed by atoms with Crippen LogP contribution in [0.4, 0.5) is 5.69 Å². The van der Waals surface area contributed by atoms with Crippen molar-refractivity contribution in [2.24, 2.45) is 0 Å². The van der Waals surface area contributed by atoms with E-state index in [1.165, 1.54) is 5.56 Å². The van der Waals surface area contributed by atoms with Crippen LogP contribution < -0.4 is 15.5 Å². The van der Waals surface area contributed by atoms with E-state index in [4.69, 9.17) is 11.6 Å². The Bertz CT molecular complexity index is 450. The van der Waals surface area contributed by atoms with Gasteiger partial charge in [-0.15, -0.1) is 0 Å². The summed E-state index contributed by atoms with van der Waals surface area (Å²) in [5, 5.41) is 6.94. The van der Waals surface area contributed by atoms with Crippen molar-refractivity contribution < 1.29 is 4.79 Å². The summed E-state index contributed by atoms with van der Waals surface area (Å²) >= 11 is 6.09. The average Bonchev–Trinajstić information content (AvgIpc) is 2.40. The molecule has 0 spiro atoms. The highest BCUT2D eigenvalue weighted by atomic mass is 35.5. The summed E-state index contributed by atoms with van der Waals surface area (Å²) < 4.78 is 0. The number of benzene rings is 1. The second-order valence-corrected chi connectivity index (χ2v) is 5.16. The molecule has 0 aliphatic carbocycles. The molecular weight excluding hydrogens is 262 g/mol. The molecule has 1 heterocycles. The molecule has 0 aromatic heterocycles. The number of carbonyl (C=O) groups excluding carboxylic acids is 1. The van der Waals surface area contributed by atoms with Crippen LogP contribution in [0.25, 0.3) is 0 Å². The van der Waals surface area contributed by atoms with Gasteiger partial charge in [-0.3, -0.25) is 4.79 Å². The van der Waals surface area contributed by atoms with Crippen molar-refractivity contribution in [1.82, 2.24) is 10.6 Å². The Labute approximate surface area is 119 Å². The minimum Gasteiger partial charge on any atom is -0.360 e. The highest BCUT2D eigenvalue weighted by Crippen LogP contribution is 2.25. The number of nitrogens with one attached hydrogen (secondary N) is 2. The molecule has 2 N–H and O–H groups in total. The number of hydrogen-bond acceptors (Lipinski definition) is 3. The Morgan fingerprint density at radius 1 is 1.47 bits per heavy atom. The third kappa shape index (κ3) is 3.85. The van der Waals surface area contributed by atoms with E-state index in [9.17, 15) is 4.79 Å². The smallest absolute Gasteiger partial charge is 0.239 e. The van der Waals surface area contributed by atoms with Crippen LogP contribution in [0.1, 0.15) is 18.9 Å². The number of amides is 1. The molecule has 2 rings (SSSR count). The van der Waals surface area contributed by atoms with Gasteiger partial charge < -0.3 is 15.5 Å². The zero-order valence-corrected chi connectivity index (χ0v) is 12.0. The van der Waals surface area contributed by atoms with Gasteiger partial charge in [0.25, 0.3) is 0 Å². The molecule has 5 heteroatoms. The lowest BCUT2D eigenvalue weighted by Gasteiger charge is -2.30. The van der Waals surface area contributed by atoms with Crippen LogP contribution in [-0.4, -0.2) is 32.1 Å². The Morgan fingerprint density at radius 3 is 3.05 bits per heavy atom. The molecule has 1 amide bonds. The maximum Gasteiger partial charge on any atom is 0.239 e. The van der Waals surface area contributed by atoms with Crippen LogP contribution in [0, 0.1) is 0 Å². The van der Waals surface area contributed by atoms with Crippen molar-refractivity contribution in [3.8, 4) is 0 Å². The van der Waals surface area contributed by atoms with Crippen molar-refractivity contribution in [2.75, 3.05) is 31.1 Å². The molecule has 0 radical (unpaired) electrons. The van der Waals surface area contributed by atoms with Gasteiger partial charge in [0.15, 0.2) is 0 Å². The number of rotatable bonds is 5. The molecule has 1 aromatic rings. The van der Waals surface area contributed by atoms with E-state index < -0.39 is 0 Å². The zero-order chi connectivity index (χ0) is 13.7. The minimum absolute atomic E-state index is 0.0682. The number of carbonyl (C=O) groups is 1. The fraction of sp³-hybridized carbons (Fsp3) is 0.500. The first kappa shape index (κ1) is 14.2. The minimum atomic E-state index is 0.0682. The molecular formula is C14H20ClN3O. The molecule has 4 nitrogen and oxygen atoms in total. The predicted octanol–water partition coefficient (Wildman–Crippen LogP) is 1.78. The summed E-state index contributed by atoms with van der Waals surface area (Å²) in [5.41, 5.74) is 2.25. The first-order valence-corrected chi connectivity index (χ1v) is 7.09. The average molecular weight is 282 g/mol. The third-order valence-electron chi connectivity index (χ3n) is 3.17. The van der Waals surface area contributed by atoms with Crippen LogP contribution in [0.3, 0.4) is 0 Å². The quantitative estimate of drug-likeness (QED) is 0.809. The number of nitrogens with zero attached hydrogens (tertiary/aromatic N) is 1. The Balaban J connectivity index is 2.16. The fourth-order valence-electron chi connectivity index (χ4n) is 2.22. The van der Waals surface area contributed by atoms with E-state index in [1.54, 1.807) is 0 Å². The Kier molecular flexibility index (Phi) is 5.05. The van der Waals surface area contributed by atoms with Gasteiger partial charge in [0.05, 0.1) is 6.54 Å². The van der Waals surface area contributed by atoms with E-state index in [0.717, 1.165) is 31.7 Å². The van der Waals surface area contributed by atoms with Gasteiger partial charge in [-0.2, -0.15) is 0 Å². The van der Waals surface area contributed by atoms with Gasteiger partial charge in [0.2, 0.25) is 5.91 Å². The summed E-state index contributed by atoms with van der Waals surface area (Å²) in [5.74, 6) is 0.0682. The van der Waals surface area contributed by atoms with Crippen LogP contribution in [0.5, 0.6) is 0 Å². The molecule has 0 saturated carbocycles. The SMILES string of the molecule is CCCNCc1ccc(Cl)cc1N1CCNC(=O)C1. The van der Waals surface area contributed by atoms with Crippen LogP contribution in [0.15, 0.2) is 18.2 Å². The molecule has 0 bridgehead atoms. The van der Waals surface area contributed by atoms with Gasteiger partial charge in [0.1, 0.15) is 0 Å². The van der Waals surface area contributed by atoms with Gasteiger partial charge in [-0.1, -0.05) is 24.6 Å². The maximum absolute atomic E-state index is 11.5. The molecule has 1 fully saturated rings. The van der Waals surface area contributed by atoms with Crippen LogP contribution in [-0.2, 0) is 11.3 Å². The topological polar surface area (TPSA) is 44.4 Å². The fourth-order valence-corrected chi connectivity index (χ4v) is 2.39. The van der Waals surface area contributed by atoms with E-state index in [-0.39, 0.29) is 5.91 Å². The predicted molar refractivity (Wildman–Crippen MR) is 78.7 cm³/mol.